The monoisotopic (exact) mass is 215 g/mol. The van der Waals surface area contributed by atoms with Crippen molar-refractivity contribution in [2.24, 2.45) is 5.41 Å². The minimum atomic E-state index is -0.376. The van der Waals surface area contributed by atoms with Crippen LogP contribution in [0.2, 0.25) is 0 Å². The largest absolute Gasteiger partial charge is 0.396 e. The smallest absolute Gasteiger partial charge is 0.0896 e. The van der Waals surface area contributed by atoms with Crippen molar-refractivity contribution < 1.29 is 10.2 Å². The van der Waals surface area contributed by atoms with Crippen LogP contribution in [0, 0.1) is 12.3 Å². The second-order valence-corrected chi connectivity index (χ2v) is 5.01. The van der Waals surface area contributed by atoms with Crippen molar-refractivity contribution in [3.8, 4) is 0 Å². The summed E-state index contributed by atoms with van der Waals surface area (Å²) in [5.74, 6) is 0. The van der Waals surface area contributed by atoms with Gasteiger partial charge in [0.1, 0.15) is 0 Å². The van der Waals surface area contributed by atoms with Crippen molar-refractivity contribution in [1.29, 1.82) is 0 Å². The van der Waals surface area contributed by atoms with E-state index < -0.39 is 0 Å². The molecule has 0 atom stereocenters. The average molecular weight is 215 g/mol. The third-order valence-corrected chi connectivity index (χ3v) is 3.55. The van der Waals surface area contributed by atoms with E-state index in [1.54, 1.807) is 11.3 Å². The molecule has 80 valence electrons. The van der Waals surface area contributed by atoms with Gasteiger partial charge in [-0.1, -0.05) is 6.92 Å². The summed E-state index contributed by atoms with van der Waals surface area (Å²) in [4.78, 5) is 5.29. The molecule has 0 bridgehead atoms. The van der Waals surface area contributed by atoms with Gasteiger partial charge >= 0.3 is 0 Å². The number of thiazole rings is 1. The Morgan fingerprint density at radius 1 is 1.43 bits per heavy atom. The highest BCUT2D eigenvalue weighted by Gasteiger charge is 2.27. The Kier molecular flexibility index (Phi) is 4.04. The van der Waals surface area contributed by atoms with E-state index in [1.165, 1.54) is 0 Å². The van der Waals surface area contributed by atoms with E-state index in [1.807, 2.05) is 20.0 Å². The number of hydrogen-bond acceptors (Lipinski definition) is 4. The zero-order valence-electron chi connectivity index (χ0n) is 8.66. The van der Waals surface area contributed by atoms with Crippen LogP contribution in [0.1, 0.15) is 23.2 Å². The quantitative estimate of drug-likeness (QED) is 0.780. The first kappa shape index (κ1) is 11.6. The molecule has 1 aromatic rings. The molecule has 2 N–H and O–H groups in total. The summed E-state index contributed by atoms with van der Waals surface area (Å²) in [7, 11) is 0. The van der Waals surface area contributed by atoms with Gasteiger partial charge in [0.15, 0.2) is 0 Å². The zero-order valence-corrected chi connectivity index (χ0v) is 9.47. The molecule has 0 fully saturated rings. The van der Waals surface area contributed by atoms with E-state index >= 15 is 0 Å². The van der Waals surface area contributed by atoms with Gasteiger partial charge in [-0.05, 0) is 19.8 Å². The highest BCUT2D eigenvalue weighted by atomic mass is 32.1. The molecule has 0 aliphatic rings. The number of aromatic nitrogens is 1. The Balaban J connectivity index is 2.73. The first-order valence-corrected chi connectivity index (χ1v) is 5.60. The molecule has 0 aromatic carbocycles. The van der Waals surface area contributed by atoms with Gasteiger partial charge in [0.2, 0.25) is 0 Å². The van der Waals surface area contributed by atoms with Crippen molar-refractivity contribution in [1.82, 2.24) is 4.98 Å². The van der Waals surface area contributed by atoms with E-state index in [0.717, 1.165) is 16.3 Å². The summed E-state index contributed by atoms with van der Waals surface area (Å²) in [6.45, 7) is 3.99. The fourth-order valence-corrected chi connectivity index (χ4v) is 2.34. The lowest BCUT2D eigenvalue weighted by Crippen LogP contribution is -2.31. The number of aliphatic hydroxyl groups is 2. The van der Waals surface area contributed by atoms with Gasteiger partial charge in [-0.15, -0.1) is 11.3 Å². The average Bonchev–Trinajstić information content (AvgIpc) is 2.61. The van der Waals surface area contributed by atoms with Crippen molar-refractivity contribution in [2.75, 3.05) is 13.2 Å². The lowest BCUT2D eigenvalue weighted by molar-refractivity contribution is 0.0520. The second-order valence-electron chi connectivity index (χ2n) is 3.69. The molecule has 0 unspecified atom stereocenters. The molecule has 3 nitrogen and oxygen atoms in total. The number of aliphatic hydroxyl groups excluding tert-OH is 2. The van der Waals surface area contributed by atoms with E-state index in [2.05, 4.69) is 4.98 Å². The SMILES string of the molecule is CCC(CO)(CO)Cc1cnc(C)s1. The maximum Gasteiger partial charge on any atom is 0.0896 e. The molecule has 0 amide bonds. The van der Waals surface area contributed by atoms with Crippen LogP contribution < -0.4 is 0 Å². The van der Waals surface area contributed by atoms with Gasteiger partial charge in [-0.2, -0.15) is 0 Å². The van der Waals surface area contributed by atoms with Crippen LogP contribution in [0.4, 0.5) is 0 Å². The van der Waals surface area contributed by atoms with E-state index in [9.17, 15) is 10.2 Å². The second kappa shape index (κ2) is 4.87. The minimum Gasteiger partial charge on any atom is -0.396 e. The van der Waals surface area contributed by atoms with Crippen LogP contribution >= 0.6 is 11.3 Å². The highest BCUT2D eigenvalue weighted by Crippen LogP contribution is 2.28. The fraction of sp³-hybridized carbons (Fsp3) is 0.700. The predicted octanol–water partition coefficient (Wildman–Crippen LogP) is 1.38. The highest BCUT2D eigenvalue weighted by molar-refractivity contribution is 7.11. The molecule has 1 rings (SSSR count). The van der Waals surface area contributed by atoms with Crippen LogP contribution in [-0.4, -0.2) is 28.4 Å². The van der Waals surface area contributed by atoms with E-state index in [4.69, 9.17) is 0 Å². The molecule has 0 spiro atoms. The molecule has 0 radical (unpaired) electrons. The Morgan fingerprint density at radius 3 is 2.43 bits per heavy atom. The Labute approximate surface area is 88.4 Å². The molecular formula is C10H17NO2S. The Hall–Kier alpha value is -0.450. The van der Waals surface area contributed by atoms with Gasteiger partial charge in [-0.25, -0.2) is 4.98 Å². The summed E-state index contributed by atoms with van der Waals surface area (Å²) in [6, 6.07) is 0. The van der Waals surface area contributed by atoms with Crippen LogP contribution in [0.3, 0.4) is 0 Å². The minimum absolute atomic E-state index is 0.0247. The first-order valence-electron chi connectivity index (χ1n) is 4.79. The maximum atomic E-state index is 9.27. The predicted molar refractivity (Wildman–Crippen MR) is 57.5 cm³/mol. The third-order valence-electron chi connectivity index (χ3n) is 2.64. The molecule has 0 aliphatic heterocycles. The van der Waals surface area contributed by atoms with Gasteiger partial charge in [0, 0.05) is 16.5 Å². The van der Waals surface area contributed by atoms with Gasteiger partial charge in [-0.3, -0.25) is 0 Å². The molecule has 4 heteroatoms. The first-order chi connectivity index (χ1) is 6.65. The van der Waals surface area contributed by atoms with Crippen LogP contribution in [0.15, 0.2) is 6.20 Å². The van der Waals surface area contributed by atoms with E-state index in [0.29, 0.717) is 6.42 Å². The Morgan fingerprint density at radius 2 is 2.07 bits per heavy atom. The van der Waals surface area contributed by atoms with Crippen LogP contribution in [0.5, 0.6) is 0 Å². The maximum absolute atomic E-state index is 9.27. The number of hydrogen-bond donors (Lipinski definition) is 2. The summed E-state index contributed by atoms with van der Waals surface area (Å²) >= 11 is 1.63. The molecule has 0 aliphatic carbocycles. The number of aryl methyl sites for hydroxylation is 1. The number of rotatable bonds is 5. The lowest BCUT2D eigenvalue weighted by Gasteiger charge is -2.27. The molecule has 1 aromatic heterocycles. The normalized spacial score (nSPS) is 12.0. The fourth-order valence-electron chi connectivity index (χ4n) is 1.37. The third kappa shape index (κ3) is 2.53. The Bertz CT molecular complexity index is 273. The van der Waals surface area contributed by atoms with Crippen molar-refractivity contribution in [3.63, 3.8) is 0 Å². The summed E-state index contributed by atoms with van der Waals surface area (Å²) in [5, 5.41) is 19.6. The molecule has 1 heterocycles. The zero-order chi connectivity index (χ0) is 10.6. The molecule has 0 saturated carbocycles. The van der Waals surface area contributed by atoms with Gasteiger partial charge in [0.05, 0.1) is 18.2 Å². The van der Waals surface area contributed by atoms with Gasteiger partial charge in [0.25, 0.3) is 0 Å². The summed E-state index contributed by atoms with van der Waals surface area (Å²) < 4.78 is 0. The van der Waals surface area contributed by atoms with Crippen molar-refractivity contribution in [2.45, 2.75) is 26.7 Å². The van der Waals surface area contributed by atoms with Crippen molar-refractivity contribution >= 4 is 11.3 Å². The molecule has 0 saturated heterocycles. The van der Waals surface area contributed by atoms with Crippen molar-refractivity contribution in [3.05, 3.63) is 16.1 Å². The van der Waals surface area contributed by atoms with E-state index in [-0.39, 0.29) is 18.6 Å². The lowest BCUT2D eigenvalue weighted by atomic mass is 9.83. The van der Waals surface area contributed by atoms with Crippen LogP contribution in [0.25, 0.3) is 0 Å². The van der Waals surface area contributed by atoms with Gasteiger partial charge < -0.3 is 10.2 Å². The summed E-state index contributed by atoms with van der Waals surface area (Å²) in [6.07, 6.45) is 3.31. The molecule has 14 heavy (non-hydrogen) atoms. The standard InChI is InChI=1S/C10H17NO2S/c1-3-10(6-12,7-13)4-9-5-11-8(2)14-9/h5,12-13H,3-4,6-7H2,1-2H3. The number of nitrogens with zero attached hydrogens (tertiary/aromatic N) is 1. The van der Waals surface area contributed by atoms with Crippen LogP contribution in [-0.2, 0) is 6.42 Å². The summed E-state index contributed by atoms with van der Waals surface area (Å²) in [5.41, 5.74) is -0.376. The topological polar surface area (TPSA) is 53.4 Å². The molecular weight excluding hydrogens is 198 g/mol.